The average molecular weight is 409 g/mol. The van der Waals surface area contributed by atoms with Gasteiger partial charge in [0.05, 0.1) is 5.56 Å². The van der Waals surface area contributed by atoms with Crippen LogP contribution in [-0.4, -0.2) is 0 Å². The van der Waals surface area contributed by atoms with Crippen LogP contribution in [0.4, 0.5) is 0 Å². The fourth-order valence-electron chi connectivity index (χ4n) is 4.62. The molecule has 3 heterocycles. The van der Waals surface area contributed by atoms with Gasteiger partial charge in [-0.05, 0) is 49.6 Å². The summed E-state index contributed by atoms with van der Waals surface area (Å²) >= 11 is 1.88. The summed E-state index contributed by atoms with van der Waals surface area (Å²) in [6.07, 6.45) is 2.18. The van der Waals surface area contributed by atoms with Crippen LogP contribution in [0.5, 0.6) is 0 Å². The lowest BCUT2D eigenvalue weighted by Crippen LogP contribution is -2.30. The zero-order valence-corrected chi connectivity index (χ0v) is 18.4. The number of fused-ring (bicyclic) bond motifs is 6. The molecule has 0 N–H and O–H groups in total. The molecule has 2 nitrogen and oxygen atoms in total. The van der Waals surface area contributed by atoms with Crippen molar-refractivity contribution in [3.63, 3.8) is 0 Å². The number of pyridine rings is 1. The van der Waals surface area contributed by atoms with E-state index < -0.39 is 0 Å². The van der Waals surface area contributed by atoms with Crippen LogP contribution in [0.25, 0.3) is 53.4 Å². The molecule has 30 heavy (non-hydrogen) atoms. The fraction of sp³-hybridized carbons (Fsp3) is 0.148. The molecule has 0 aliphatic rings. The Kier molecular flexibility index (Phi) is 3.63. The Morgan fingerprint density at radius 3 is 2.33 bits per heavy atom. The highest BCUT2D eigenvalue weighted by Crippen LogP contribution is 2.43. The van der Waals surface area contributed by atoms with Crippen LogP contribution in [0.2, 0.25) is 0 Å². The van der Waals surface area contributed by atoms with Crippen LogP contribution in [0.1, 0.15) is 16.7 Å². The van der Waals surface area contributed by atoms with E-state index in [9.17, 15) is 0 Å². The molecular formula is C27H22NOS+. The van der Waals surface area contributed by atoms with Crippen LogP contribution < -0.4 is 4.57 Å². The number of benzene rings is 3. The van der Waals surface area contributed by atoms with Crippen LogP contribution >= 0.6 is 11.3 Å². The van der Waals surface area contributed by atoms with Gasteiger partial charge in [-0.3, -0.25) is 0 Å². The van der Waals surface area contributed by atoms with Crippen molar-refractivity contribution in [1.82, 2.24) is 0 Å². The molecule has 3 aromatic heterocycles. The highest BCUT2D eigenvalue weighted by atomic mass is 32.1. The summed E-state index contributed by atoms with van der Waals surface area (Å²) in [7, 11) is 2.13. The van der Waals surface area contributed by atoms with Gasteiger partial charge in [0, 0.05) is 32.3 Å². The molecule has 3 heteroatoms. The monoisotopic (exact) mass is 408 g/mol. The van der Waals surface area contributed by atoms with E-state index in [1.807, 2.05) is 11.3 Å². The minimum atomic E-state index is 0.957. The third-order valence-corrected chi connectivity index (χ3v) is 7.33. The number of nitrogens with zero attached hydrogens (tertiary/aromatic N) is 1. The first-order chi connectivity index (χ1) is 14.5. The van der Waals surface area contributed by atoms with Crippen molar-refractivity contribution in [2.75, 3.05) is 0 Å². The molecule has 0 aliphatic heterocycles. The molecule has 0 amide bonds. The van der Waals surface area contributed by atoms with Gasteiger partial charge in [0.2, 0.25) is 5.69 Å². The van der Waals surface area contributed by atoms with Crippen molar-refractivity contribution in [2.45, 2.75) is 20.8 Å². The van der Waals surface area contributed by atoms with E-state index in [0.29, 0.717) is 0 Å². The first-order valence-electron chi connectivity index (χ1n) is 10.3. The maximum atomic E-state index is 6.49. The van der Waals surface area contributed by atoms with Crippen molar-refractivity contribution in [2.24, 2.45) is 7.05 Å². The Bertz CT molecular complexity index is 1510. The third kappa shape index (κ3) is 2.39. The second-order valence-corrected chi connectivity index (χ2v) is 9.41. The van der Waals surface area contributed by atoms with Gasteiger partial charge in [0.15, 0.2) is 6.20 Å². The Hall–Kier alpha value is -3.17. The number of furan rings is 1. The van der Waals surface area contributed by atoms with Gasteiger partial charge in [-0.2, -0.15) is 4.57 Å². The number of hydrogen-bond donors (Lipinski definition) is 0. The molecule has 0 saturated heterocycles. The normalized spacial score (nSPS) is 12.0. The van der Waals surface area contributed by atoms with E-state index in [2.05, 4.69) is 93.2 Å². The van der Waals surface area contributed by atoms with Gasteiger partial charge in [-0.1, -0.05) is 36.4 Å². The minimum absolute atomic E-state index is 0.957. The van der Waals surface area contributed by atoms with Crippen molar-refractivity contribution in [3.8, 4) is 11.3 Å². The zero-order valence-electron chi connectivity index (χ0n) is 17.5. The molecule has 0 atom stereocenters. The lowest BCUT2D eigenvalue weighted by atomic mass is 9.99. The minimum Gasteiger partial charge on any atom is -0.455 e. The van der Waals surface area contributed by atoms with E-state index in [1.54, 1.807) is 0 Å². The molecule has 0 fully saturated rings. The van der Waals surface area contributed by atoms with Crippen molar-refractivity contribution in [3.05, 3.63) is 77.5 Å². The molecule has 0 saturated carbocycles. The smallest absolute Gasteiger partial charge is 0.234 e. The molecule has 146 valence electrons. The van der Waals surface area contributed by atoms with Gasteiger partial charge >= 0.3 is 0 Å². The second-order valence-electron chi connectivity index (χ2n) is 8.36. The first kappa shape index (κ1) is 17.7. The van der Waals surface area contributed by atoms with Crippen LogP contribution in [0.3, 0.4) is 0 Å². The topological polar surface area (TPSA) is 17.0 Å². The van der Waals surface area contributed by atoms with Crippen LogP contribution in [0, 0.1) is 20.8 Å². The predicted octanol–water partition coefficient (Wildman–Crippen LogP) is 7.37. The number of aryl methyl sites for hydroxylation is 4. The summed E-state index contributed by atoms with van der Waals surface area (Å²) in [5, 5.41) is 5.00. The molecule has 0 bridgehead atoms. The van der Waals surface area contributed by atoms with Gasteiger partial charge in [-0.15, -0.1) is 11.3 Å². The SMILES string of the molecule is Cc1ccc2c(c1)oc1c(-c3c4sc5cc(C)ccc5c4cc[n+]3C)c(C)ccc12. The van der Waals surface area contributed by atoms with E-state index in [1.165, 1.54) is 58.9 Å². The van der Waals surface area contributed by atoms with Crippen molar-refractivity contribution < 1.29 is 8.98 Å². The quantitative estimate of drug-likeness (QED) is 0.260. The highest BCUT2D eigenvalue weighted by Gasteiger charge is 2.25. The average Bonchev–Trinajstić information content (AvgIpc) is 3.25. The summed E-state index contributed by atoms with van der Waals surface area (Å²) < 4.78 is 11.4. The lowest BCUT2D eigenvalue weighted by molar-refractivity contribution is -0.659. The summed E-state index contributed by atoms with van der Waals surface area (Å²) in [5.74, 6) is 0. The fourth-order valence-corrected chi connectivity index (χ4v) is 6.00. The third-order valence-electron chi connectivity index (χ3n) is 6.16. The van der Waals surface area contributed by atoms with Gasteiger partial charge in [0.1, 0.15) is 22.9 Å². The first-order valence-corrected chi connectivity index (χ1v) is 11.1. The molecule has 0 aliphatic carbocycles. The standard InChI is InChI=1S/C27H22NOS/c1-15-5-8-18-20-10-7-17(3)24(26(20)29-22(18)13-15)25-27-21(11-12-28(25)4)19-9-6-16(2)14-23(19)30-27/h5-14H,1-4H3/q+1. The summed E-state index contributed by atoms with van der Waals surface area (Å²) in [6.45, 7) is 6.45. The molecule has 0 spiro atoms. The summed E-state index contributed by atoms with van der Waals surface area (Å²) in [4.78, 5) is 0. The van der Waals surface area contributed by atoms with Crippen LogP contribution in [0.15, 0.2) is 65.2 Å². The number of rotatable bonds is 1. The number of hydrogen-bond acceptors (Lipinski definition) is 2. The molecule has 6 aromatic rings. The highest BCUT2D eigenvalue weighted by molar-refractivity contribution is 7.26. The second kappa shape index (κ2) is 6.16. The van der Waals surface area contributed by atoms with Crippen molar-refractivity contribution >= 4 is 53.4 Å². The number of thiophene rings is 1. The lowest BCUT2D eigenvalue weighted by Gasteiger charge is -2.06. The van der Waals surface area contributed by atoms with E-state index >= 15 is 0 Å². The molecule has 6 rings (SSSR count). The van der Waals surface area contributed by atoms with E-state index in [0.717, 1.165) is 11.2 Å². The Labute approximate surface area is 179 Å². The van der Waals surface area contributed by atoms with Gasteiger partial charge < -0.3 is 4.42 Å². The molecule has 0 unspecified atom stereocenters. The number of aromatic nitrogens is 1. The van der Waals surface area contributed by atoms with Crippen LogP contribution in [-0.2, 0) is 7.05 Å². The molecular weight excluding hydrogens is 386 g/mol. The zero-order chi connectivity index (χ0) is 20.6. The summed E-state index contributed by atoms with van der Waals surface area (Å²) in [5.41, 5.74) is 8.10. The van der Waals surface area contributed by atoms with Gasteiger partial charge in [0.25, 0.3) is 0 Å². The van der Waals surface area contributed by atoms with Crippen molar-refractivity contribution in [1.29, 1.82) is 0 Å². The largest absolute Gasteiger partial charge is 0.455 e. The van der Waals surface area contributed by atoms with E-state index in [4.69, 9.17) is 4.42 Å². The maximum Gasteiger partial charge on any atom is 0.234 e. The Balaban J connectivity index is 1.79. The van der Waals surface area contributed by atoms with Gasteiger partial charge in [-0.25, -0.2) is 0 Å². The Morgan fingerprint density at radius 2 is 1.50 bits per heavy atom. The predicted molar refractivity (Wildman–Crippen MR) is 127 cm³/mol. The Morgan fingerprint density at radius 1 is 0.767 bits per heavy atom. The maximum absolute atomic E-state index is 6.49. The van der Waals surface area contributed by atoms with E-state index in [-0.39, 0.29) is 0 Å². The molecule has 3 aromatic carbocycles. The molecule has 0 radical (unpaired) electrons. The summed E-state index contributed by atoms with van der Waals surface area (Å²) in [6, 6.07) is 19.9.